The van der Waals surface area contributed by atoms with Crippen molar-refractivity contribution in [2.45, 2.75) is 135 Å². The van der Waals surface area contributed by atoms with Gasteiger partial charge in [0, 0.05) is 37.1 Å². The molecule has 65 heavy (non-hydrogen) atoms. The SMILES string of the molecule is CCCCCC/C=C\CCCCCCCC(=O)SCCNC(=O)CCNC(=O)C(O)C(C)(C)COP(=O)(O)OP(=O)(O)OC[C@H]1O[C@@H](n2cnc3c(N)ncnc32)[C@H](O)[C@@H]1OP(=O)(O)O. The van der Waals surface area contributed by atoms with Gasteiger partial charge in [0.05, 0.1) is 19.5 Å². The van der Waals surface area contributed by atoms with Gasteiger partial charge in [-0.05, 0) is 32.1 Å². The summed E-state index contributed by atoms with van der Waals surface area (Å²) >= 11 is 1.15. The van der Waals surface area contributed by atoms with Crippen molar-refractivity contribution in [3.05, 3.63) is 24.8 Å². The summed E-state index contributed by atoms with van der Waals surface area (Å²) in [5.41, 5.74) is 4.28. The summed E-state index contributed by atoms with van der Waals surface area (Å²) in [6.07, 6.45) is 10.7. The van der Waals surface area contributed by atoms with Gasteiger partial charge in [-0.1, -0.05) is 83.2 Å². The van der Waals surface area contributed by atoms with E-state index in [1.54, 1.807) is 0 Å². The highest BCUT2D eigenvalue weighted by Crippen LogP contribution is 2.61. The lowest BCUT2D eigenvalue weighted by Gasteiger charge is -2.30. The number of nitrogens with one attached hydrogen (secondary N) is 2. The number of anilines is 1. The van der Waals surface area contributed by atoms with Crippen LogP contribution in [0.3, 0.4) is 0 Å². The topological polar surface area (TPSA) is 364 Å². The van der Waals surface area contributed by atoms with Crippen LogP contribution in [0.4, 0.5) is 5.82 Å². The minimum Gasteiger partial charge on any atom is -0.386 e. The van der Waals surface area contributed by atoms with E-state index < -0.39 is 84.6 Å². The van der Waals surface area contributed by atoms with Crippen LogP contribution in [0.1, 0.15) is 110 Å². The molecule has 3 unspecified atom stereocenters. The second kappa shape index (κ2) is 27.3. The van der Waals surface area contributed by atoms with Crippen LogP contribution in [0.2, 0.25) is 0 Å². The summed E-state index contributed by atoms with van der Waals surface area (Å²) in [7, 11) is -16.4. The average molecular weight is 1000 g/mol. The Morgan fingerprint density at radius 3 is 2.25 bits per heavy atom. The number of amides is 2. The molecular weight excluding hydrogens is 939 g/mol. The molecule has 0 aliphatic carbocycles. The van der Waals surface area contributed by atoms with Crippen molar-refractivity contribution in [3.8, 4) is 0 Å². The number of hydrogen-bond acceptors (Lipinski definition) is 18. The molecule has 1 aliphatic heterocycles. The average Bonchev–Trinajstić information content (AvgIpc) is 3.79. The van der Waals surface area contributed by atoms with Crippen molar-refractivity contribution in [1.29, 1.82) is 0 Å². The molecule has 370 valence electrons. The van der Waals surface area contributed by atoms with Crippen LogP contribution in [0.15, 0.2) is 24.8 Å². The number of thioether (sulfide) groups is 1. The van der Waals surface area contributed by atoms with Crippen LogP contribution in [0.25, 0.3) is 11.2 Å². The molecule has 2 aromatic rings. The molecule has 2 amide bonds. The summed E-state index contributed by atoms with van der Waals surface area (Å²) < 4.78 is 62.4. The number of carbonyl (C=O) groups is 3. The maximum Gasteiger partial charge on any atom is 0.481 e. The molecular formula is C37H64N7O17P3S. The Kier molecular flexibility index (Phi) is 23.8. The molecule has 1 fully saturated rings. The van der Waals surface area contributed by atoms with E-state index in [-0.39, 0.29) is 41.6 Å². The lowest BCUT2D eigenvalue weighted by molar-refractivity contribution is -0.137. The van der Waals surface area contributed by atoms with E-state index in [1.165, 1.54) is 39.5 Å². The number of rotatable bonds is 32. The zero-order chi connectivity index (χ0) is 48.3. The first-order valence-corrected chi connectivity index (χ1v) is 26.8. The first kappa shape index (κ1) is 56.6. The molecule has 28 heteroatoms. The molecule has 3 rings (SSSR count). The minimum atomic E-state index is -5.57. The van der Waals surface area contributed by atoms with Crippen LogP contribution >= 0.6 is 35.2 Å². The number of carbonyl (C=O) groups excluding carboxylic acids is 3. The molecule has 2 aromatic heterocycles. The molecule has 0 saturated carbocycles. The monoisotopic (exact) mass is 1000 g/mol. The second-order valence-electron chi connectivity index (χ2n) is 15.9. The van der Waals surface area contributed by atoms with Crippen molar-refractivity contribution >= 4 is 69.1 Å². The maximum absolute atomic E-state index is 12.7. The molecule has 0 spiro atoms. The van der Waals surface area contributed by atoms with Gasteiger partial charge < -0.3 is 50.9 Å². The largest absolute Gasteiger partial charge is 0.481 e. The number of imidazole rings is 1. The van der Waals surface area contributed by atoms with Crippen LogP contribution in [-0.2, 0) is 50.7 Å². The highest BCUT2D eigenvalue weighted by atomic mass is 32.2. The molecule has 7 atom stereocenters. The Labute approximate surface area is 381 Å². The number of aliphatic hydroxyl groups is 2. The predicted octanol–water partition coefficient (Wildman–Crippen LogP) is 3.92. The van der Waals surface area contributed by atoms with Gasteiger partial charge in [-0.15, -0.1) is 0 Å². The van der Waals surface area contributed by atoms with Crippen molar-refractivity contribution in [3.63, 3.8) is 0 Å². The smallest absolute Gasteiger partial charge is 0.386 e. The number of unbranched alkanes of at least 4 members (excludes halogenated alkanes) is 9. The van der Waals surface area contributed by atoms with Crippen molar-refractivity contribution < 1.29 is 80.5 Å². The number of allylic oxidation sites excluding steroid dienone is 2. The number of phosphoric acid groups is 3. The lowest BCUT2D eigenvalue weighted by atomic mass is 9.87. The maximum atomic E-state index is 12.7. The Bertz CT molecular complexity index is 2010. The summed E-state index contributed by atoms with van der Waals surface area (Å²) in [5.74, 6) is -1.03. The third-order valence-electron chi connectivity index (χ3n) is 9.91. The van der Waals surface area contributed by atoms with E-state index in [4.69, 9.17) is 19.5 Å². The zero-order valence-electron chi connectivity index (χ0n) is 36.7. The van der Waals surface area contributed by atoms with Gasteiger partial charge in [0.15, 0.2) is 22.8 Å². The van der Waals surface area contributed by atoms with Gasteiger partial charge in [0.2, 0.25) is 11.8 Å². The van der Waals surface area contributed by atoms with Crippen molar-refractivity contribution in [2.75, 3.05) is 37.8 Å². The fourth-order valence-corrected chi connectivity index (χ4v) is 9.90. The van der Waals surface area contributed by atoms with Gasteiger partial charge in [0.25, 0.3) is 0 Å². The summed E-state index contributed by atoms with van der Waals surface area (Å²) in [4.78, 5) is 88.2. The zero-order valence-corrected chi connectivity index (χ0v) is 40.2. The number of ether oxygens (including phenoxy) is 1. The van der Waals surface area contributed by atoms with Gasteiger partial charge in [-0.2, -0.15) is 4.31 Å². The third-order valence-corrected chi connectivity index (χ3v) is 13.9. The van der Waals surface area contributed by atoms with Gasteiger partial charge in [0.1, 0.15) is 36.3 Å². The van der Waals surface area contributed by atoms with Crippen LogP contribution < -0.4 is 16.4 Å². The fraction of sp³-hybridized carbons (Fsp3) is 0.730. The first-order valence-electron chi connectivity index (χ1n) is 21.3. The summed E-state index contributed by atoms with van der Waals surface area (Å²) in [5, 5.41) is 26.6. The highest BCUT2D eigenvalue weighted by molar-refractivity contribution is 8.13. The highest BCUT2D eigenvalue weighted by Gasteiger charge is 2.50. The standard InChI is InChI=1S/C37H64N7O17P3S/c1-4-5-6-7-8-9-10-11-12-13-14-15-16-17-28(46)65-21-20-39-27(45)18-19-40-35(49)32(48)37(2,3)23-58-64(55,56)61-63(53,54)57-22-26-31(60-62(50,51)52)30(47)36(59-26)44-25-43-29-33(38)41-24-42-34(29)44/h9-10,24-26,30-32,36,47-48H,4-8,11-23H2,1-3H3,(H,39,45)(H,40,49)(H,53,54)(H,55,56)(H2,38,41,42)(H2,50,51,52)/b10-9-/t26-,30-,31-,32?,36-/m1/s1. The Balaban J connectivity index is 1.33. The van der Waals surface area contributed by atoms with E-state index in [2.05, 4.69) is 53.5 Å². The summed E-state index contributed by atoms with van der Waals surface area (Å²) in [6.45, 7) is 2.77. The van der Waals surface area contributed by atoms with Crippen molar-refractivity contribution in [1.82, 2.24) is 30.2 Å². The van der Waals surface area contributed by atoms with Crippen molar-refractivity contribution in [2.24, 2.45) is 5.41 Å². The first-order chi connectivity index (χ1) is 30.6. The number of aromatic nitrogens is 4. The van der Waals surface area contributed by atoms with Gasteiger partial charge in [-0.25, -0.2) is 28.6 Å². The molecule has 0 bridgehead atoms. The number of hydrogen-bond donors (Lipinski definition) is 9. The van der Waals surface area contributed by atoms with E-state index >= 15 is 0 Å². The predicted molar refractivity (Wildman–Crippen MR) is 237 cm³/mol. The number of aliphatic hydroxyl groups excluding tert-OH is 2. The van der Waals surface area contributed by atoms with Crippen LogP contribution in [-0.4, -0.2) is 123 Å². The second-order valence-corrected chi connectivity index (χ2v) is 21.3. The molecule has 3 heterocycles. The van der Waals surface area contributed by atoms with E-state index in [9.17, 15) is 57.9 Å². The Hall–Kier alpha value is -2.70. The number of fused-ring (bicyclic) bond motifs is 1. The number of nitrogens with two attached hydrogens (primary N) is 1. The molecule has 1 saturated heterocycles. The normalized spacial score (nSPS) is 20.4. The van der Waals surface area contributed by atoms with E-state index in [0.29, 0.717) is 12.2 Å². The number of nitrogen functional groups attached to an aromatic ring is 1. The fourth-order valence-electron chi connectivity index (χ4n) is 6.35. The summed E-state index contributed by atoms with van der Waals surface area (Å²) in [6, 6.07) is 0. The van der Waals surface area contributed by atoms with E-state index in [1.807, 2.05) is 0 Å². The number of phosphoric ester groups is 3. The molecule has 10 N–H and O–H groups in total. The lowest BCUT2D eigenvalue weighted by Crippen LogP contribution is -2.46. The quantitative estimate of drug-likeness (QED) is 0.0285. The van der Waals surface area contributed by atoms with Gasteiger partial charge >= 0.3 is 23.5 Å². The number of nitrogens with zero attached hydrogens (tertiary/aromatic N) is 4. The third kappa shape index (κ3) is 20.6. The molecule has 0 radical (unpaired) electrons. The molecule has 24 nitrogen and oxygen atoms in total. The minimum absolute atomic E-state index is 0.0328. The molecule has 0 aromatic carbocycles. The molecule has 1 aliphatic rings. The Morgan fingerprint density at radius 2 is 1.57 bits per heavy atom. The van der Waals surface area contributed by atoms with Crippen LogP contribution in [0.5, 0.6) is 0 Å². The van der Waals surface area contributed by atoms with Gasteiger partial charge in [-0.3, -0.25) is 32.5 Å². The Morgan fingerprint density at radius 1 is 0.923 bits per heavy atom. The van der Waals surface area contributed by atoms with E-state index in [0.717, 1.165) is 73.9 Å². The van der Waals surface area contributed by atoms with Crippen LogP contribution in [0, 0.1) is 5.41 Å².